The van der Waals surface area contributed by atoms with Crippen LogP contribution in [0.1, 0.15) is 16.7 Å². The van der Waals surface area contributed by atoms with Gasteiger partial charge in [-0.2, -0.15) is 0 Å². The summed E-state index contributed by atoms with van der Waals surface area (Å²) in [5.41, 5.74) is 4.23. The third kappa shape index (κ3) is 4.87. The third-order valence-electron chi connectivity index (χ3n) is 5.05. The Bertz CT molecular complexity index is 1370. The Morgan fingerprint density at radius 2 is 1.88 bits per heavy atom. The molecular formula is C25H22ClN3O2S. The number of aromatic nitrogens is 2. The highest BCUT2D eigenvalue weighted by Gasteiger charge is 2.16. The predicted octanol–water partition coefficient (Wildman–Crippen LogP) is 5.06. The smallest absolute Gasteiger partial charge is 0.266 e. The predicted molar refractivity (Wildman–Crippen MR) is 131 cm³/mol. The number of thioether (sulfide) groups is 1. The second-order valence-corrected chi connectivity index (χ2v) is 8.92. The Kier molecular flexibility index (Phi) is 6.63. The lowest BCUT2D eigenvalue weighted by Gasteiger charge is -2.15. The van der Waals surface area contributed by atoms with Gasteiger partial charge in [-0.1, -0.05) is 65.3 Å². The Morgan fingerprint density at radius 1 is 1.06 bits per heavy atom. The van der Waals surface area contributed by atoms with Gasteiger partial charge in [0.25, 0.3) is 5.56 Å². The van der Waals surface area contributed by atoms with Crippen LogP contribution in [0.15, 0.2) is 76.7 Å². The largest absolute Gasteiger partial charge is 0.351 e. The number of para-hydroxylation sites is 1. The van der Waals surface area contributed by atoms with Crippen molar-refractivity contribution in [3.05, 3.63) is 98.8 Å². The molecule has 0 unspecified atom stereocenters. The molecule has 5 nitrogen and oxygen atoms in total. The van der Waals surface area contributed by atoms with E-state index in [1.807, 2.05) is 68.4 Å². The van der Waals surface area contributed by atoms with Gasteiger partial charge in [-0.3, -0.25) is 14.2 Å². The SMILES string of the molecule is Cc1ccc(-n2c(SCC(=O)NCc3cccc(Cl)c3)nc3ccccc3c2=O)c(C)c1. The van der Waals surface area contributed by atoms with Crippen LogP contribution in [0.3, 0.4) is 0 Å². The molecule has 0 aliphatic carbocycles. The lowest BCUT2D eigenvalue weighted by atomic mass is 10.1. The van der Waals surface area contributed by atoms with Crippen LogP contribution in [-0.2, 0) is 11.3 Å². The number of benzene rings is 3. The number of aryl methyl sites for hydroxylation is 2. The van der Waals surface area contributed by atoms with Crippen molar-refractivity contribution < 1.29 is 4.79 Å². The molecule has 4 rings (SSSR count). The molecule has 0 aliphatic heterocycles. The molecule has 0 fully saturated rings. The number of carbonyl (C=O) groups is 1. The van der Waals surface area contributed by atoms with Crippen LogP contribution in [-0.4, -0.2) is 21.2 Å². The first kappa shape index (κ1) is 22.1. The Balaban J connectivity index is 1.62. The summed E-state index contributed by atoms with van der Waals surface area (Å²) in [6.45, 7) is 4.36. The molecular weight excluding hydrogens is 442 g/mol. The van der Waals surface area contributed by atoms with Crippen molar-refractivity contribution in [2.75, 3.05) is 5.75 Å². The molecule has 0 atom stereocenters. The van der Waals surface area contributed by atoms with Gasteiger partial charge in [-0.15, -0.1) is 0 Å². The lowest BCUT2D eigenvalue weighted by molar-refractivity contribution is -0.118. The molecule has 32 heavy (non-hydrogen) atoms. The number of nitrogens with zero attached hydrogens (tertiary/aromatic N) is 2. The van der Waals surface area contributed by atoms with Crippen molar-refractivity contribution in [1.29, 1.82) is 0 Å². The van der Waals surface area contributed by atoms with E-state index in [0.717, 1.165) is 22.4 Å². The summed E-state index contributed by atoms with van der Waals surface area (Å²) in [7, 11) is 0. The van der Waals surface area contributed by atoms with Crippen molar-refractivity contribution in [3.8, 4) is 5.69 Å². The van der Waals surface area contributed by atoms with Crippen LogP contribution in [0, 0.1) is 13.8 Å². The van der Waals surface area contributed by atoms with E-state index in [1.54, 1.807) is 16.7 Å². The van der Waals surface area contributed by atoms with Crippen molar-refractivity contribution in [3.63, 3.8) is 0 Å². The summed E-state index contributed by atoms with van der Waals surface area (Å²) >= 11 is 7.25. The van der Waals surface area contributed by atoms with E-state index in [9.17, 15) is 9.59 Å². The van der Waals surface area contributed by atoms with Crippen molar-refractivity contribution in [2.45, 2.75) is 25.5 Å². The molecule has 4 aromatic rings. The van der Waals surface area contributed by atoms with Crippen molar-refractivity contribution >= 4 is 40.2 Å². The number of hydrogen-bond donors (Lipinski definition) is 1. The van der Waals surface area contributed by atoms with Crippen molar-refractivity contribution in [2.24, 2.45) is 0 Å². The average Bonchev–Trinajstić information content (AvgIpc) is 2.77. The van der Waals surface area contributed by atoms with Gasteiger partial charge >= 0.3 is 0 Å². The highest BCUT2D eigenvalue weighted by molar-refractivity contribution is 7.99. The van der Waals surface area contributed by atoms with E-state index in [2.05, 4.69) is 5.32 Å². The van der Waals surface area contributed by atoms with E-state index in [1.165, 1.54) is 11.8 Å². The molecule has 1 aromatic heterocycles. The number of halogens is 1. The van der Waals surface area contributed by atoms with Crippen molar-refractivity contribution in [1.82, 2.24) is 14.9 Å². The molecule has 3 aromatic carbocycles. The van der Waals surface area contributed by atoms with Gasteiger partial charge in [0.05, 0.1) is 22.3 Å². The summed E-state index contributed by atoms with van der Waals surface area (Å²) < 4.78 is 1.60. The van der Waals surface area contributed by atoms with Gasteiger partial charge in [0.15, 0.2) is 5.16 Å². The summed E-state index contributed by atoms with van der Waals surface area (Å²) in [4.78, 5) is 30.6. The van der Waals surface area contributed by atoms with Gasteiger partial charge in [0, 0.05) is 11.6 Å². The summed E-state index contributed by atoms with van der Waals surface area (Å²) in [5, 5.41) is 4.55. The fourth-order valence-corrected chi connectivity index (χ4v) is 4.55. The Morgan fingerprint density at radius 3 is 2.66 bits per heavy atom. The molecule has 0 saturated heterocycles. The second-order valence-electron chi connectivity index (χ2n) is 7.54. The highest BCUT2D eigenvalue weighted by atomic mass is 35.5. The number of nitrogens with one attached hydrogen (secondary N) is 1. The van der Waals surface area contributed by atoms with Gasteiger partial charge < -0.3 is 5.32 Å². The lowest BCUT2D eigenvalue weighted by Crippen LogP contribution is -2.26. The van der Waals surface area contributed by atoms with E-state index < -0.39 is 0 Å². The van der Waals surface area contributed by atoms with E-state index in [0.29, 0.717) is 27.6 Å². The fourth-order valence-electron chi connectivity index (χ4n) is 3.51. The first-order chi connectivity index (χ1) is 15.4. The quantitative estimate of drug-likeness (QED) is 0.320. The molecule has 1 amide bonds. The number of fused-ring (bicyclic) bond motifs is 1. The molecule has 0 saturated carbocycles. The first-order valence-electron chi connectivity index (χ1n) is 10.2. The molecule has 0 bridgehead atoms. The summed E-state index contributed by atoms with van der Waals surface area (Å²) in [6.07, 6.45) is 0. The Hall–Kier alpha value is -3.09. The molecule has 1 N–H and O–H groups in total. The molecule has 0 spiro atoms. The number of amides is 1. The topological polar surface area (TPSA) is 64.0 Å². The van der Waals surface area contributed by atoms with Crippen LogP contribution in [0.4, 0.5) is 0 Å². The first-order valence-corrected chi connectivity index (χ1v) is 11.5. The van der Waals surface area contributed by atoms with Crippen LogP contribution >= 0.6 is 23.4 Å². The Labute approximate surface area is 195 Å². The van der Waals surface area contributed by atoms with Gasteiger partial charge in [0.1, 0.15) is 0 Å². The highest BCUT2D eigenvalue weighted by Crippen LogP contribution is 2.23. The van der Waals surface area contributed by atoms with Gasteiger partial charge in [0.2, 0.25) is 5.91 Å². The average molecular weight is 464 g/mol. The zero-order valence-electron chi connectivity index (χ0n) is 17.8. The van der Waals surface area contributed by atoms with Gasteiger partial charge in [-0.05, 0) is 55.3 Å². The molecule has 162 valence electrons. The molecule has 7 heteroatoms. The molecule has 0 aliphatic rings. The number of carbonyl (C=O) groups excluding carboxylic acids is 1. The van der Waals surface area contributed by atoms with Crippen LogP contribution in [0.25, 0.3) is 16.6 Å². The third-order valence-corrected chi connectivity index (χ3v) is 6.22. The summed E-state index contributed by atoms with van der Waals surface area (Å²) in [6, 6.07) is 20.5. The minimum atomic E-state index is -0.149. The van der Waals surface area contributed by atoms with E-state index in [-0.39, 0.29) is 17.2 Å². The number of hydrogen-bond acceptors (Lipinski definition) is 4. The minimum Gasteiger partial charge on any atom is -0.351 e. The normalized spacial score (nSPS) is 11.0. The van der Waals surface area contributed by atoms with Crippen LogP contribution < -0.4 is 10.9 Å². The standard InChI is InChI=1S/C25H22ClN3O2S/c1-16-10-11-22(17(2)12-16)29-24(31)20-8-3-4-9-21(20)28-25(29)32-15-23(30)27-14-18-6-5-7-19(26)13-18/h3-13H,14-15H2,1-2H3,(H,27,30). The van der Waals surface area contributed by atoms with Gasteiger partial charge in [-0.25, -0.2) is 4.98 Å². The maximum Gasteiger partial charge on any atom is 0.266 e. The second kappa shape index (κ2) is 9.59. The zero-order valence-corrected chi connectivity index (χ0v) is 19.3. The molecule has 1 heterocycles. The van der Waals surface area contributed by atoms with E-state index in [4.69, 9.17) is 16.6 Å². The minimum absolute atomic E-state index is 0.135. The van der Waals surface area contributed by atoms with Crippen LogP contribution in [0.2, 0.25) is 5.02 Å². The zero-order chi connectivity index (χ0) is 22.7. The summed E-state index contributed by atoms with van der Waals surface area (Å²) in [5.74, 6) is -0.0134. The fraction of sp³-hybridized carbons (Fsp3) is 0.160. The monoisotopic (exact) mass is 463 g/mol. The maximum absolute atomic E-state index is 13.4. The number of rotatable bonds is 6. The van der Waals surface area contributed by atoms with Crippen LogP contribution in [0.5, 0.6) is 0 Å². The van der Waals surface area contributed by atoms with E-state index >= 15 is 0 Å². The molecule has 0 radical (unpaired) electrons. The maximum atomic E-state index is 13.4.